The largest absolute Gasteiger partial charge is 0.338 e. The van der Waals surface area contributed by atoms with Gasteiger partial charge in [0, 0.05) is 31.8 Å². The minimum atomic E-state index is -0.779. The average molecular weight is 387 g/mol. The molecule has 2 unspecified atom stereocenters. The van der Waals surface area contributed by atoms with Crippen LogP contribution < -0.4 is 5.43 Å². The molecule has 2 aliphatic heterocycles. The maximum atomic E-state index is 12.4. The molecule has 1 aromatic carbocycles. The van der Waals surface area contributed by atoms with Gasteiger partial charge in [-0.2, -0.15) is 5.10 Å². The number of imide groups is 1. The van der Waals surface area contributed by atoms with E-state index >= 15 is 0 Å². The predicted octanol–water partition coefficient (Wildman–Crippen LogP) is -0.393. The molecule has 2 aliphatic rings. The summed E-state index contributed by atoms with van der Waals surface area (Å²) in [4.78, 5) is 54.6. The average Bonchev–Trinajstić information content (AvgIpc) is 3.08. The fraction of sp³-hybridized carbons (Fsp3) is 0.312. The van der Waals surface area contributed by atoms with Crippen LogP contribution in [0.1, 0.15) is 5.56 Å². The molecule has 12 nitrogen and oxygen atoms in total. The topological polar surface area (TPSA) is 141 Å². The van der Waals surface area contributed by atoms with Crippen molar-refractivity contribution in [1.82, 2.24) is 20.1 Å². The Kier molecular flexibility index (Phi) is 5.02. The van der Waals surface area contributed by atoms with Crippen LogP contribution in [0.3, 0.4) is 0 Å². The zero-order valence-corrected chi connectivity index (χ0v) is 15.1. The number of rotatable bonds is 5. The minimum Gasteiger partial charge on any atom is -0.338 e. The lowest BCUT2D eigenvalue weighted by Gasteiger charge is -2.39. The zero-order valence-electron chi connectivity index (χ0n) is 15.1. The molecule has 28 heavy (non-hydrogen) atoms. The zero-order chi connectivity index (χ0) is 20.4. The molecule has 1 saturated heterocycles. The number of aliphatic imine (C=N–C) groups is 1. The highest BCUT2D eigenvalue weighted by Crippen LogP contribution is 2.24. The molecule has 146 valence electrons. The van der Waals surface area contributed by atoms with Crippen molar-refractivity contribution in [3.8, 4) is 0 Å². The Morgan fingerprint density at radius 3 is 2.86 bits per heavy atom. The Hall–Kier alpha value is -3.83. The van der Waals surface area contributed by atoms with E-state index in [1.54, 1.807) is 6.07 Å². The molecule has 12 heteroatoms. The lowest BCUT2D eigenvalue weighted by atomic mass is 10.1. The van der Waals surface area contributed by atoms with Crippen LogP contribution in [0.15, 0.2) is 34.4 Å². The Labute approximate surface area is 159 Å². The van der Waals surface area contributed by atoms with Gasteiger partial charge in [-0.05, 0) is 0 Å². The van der Waals surface area contributed by atoms with Gasteiger partial charge in [0.15, 0.2) is 12.2 Å². The summed E-state index contributed by atoms with van der Waals surface area (Å²) in [5, 5.41) is 14.5. The van der Waals surface area contributed by atoms with Gasteiger partial charge in [0.1, 0.15) is 6.54 Å². The summed E-state index contributed by atoms with van der Waals surface area (Å²) in [6, 6.07) is 4.53. The predicted molar refractivity (Wildman–Crippen MR) is 97.5 cm³/mol. The van der Waals surface area contributed by atoms with Gasteiger partial charge < -0.3 is 9.80 Å². The van der Waals surface area contributed by atoms with E-state index in [1.165, 1.54) is 54.6 Å². The minimum absolute atomic E-state index is 0.0896. The van der Waals surface area contributed by atoms with E-state index in [9.17, 15) is 24.5 Å². The normalized spacial score (nSPS) is 21.4. The van der Waals surface area contributed by atoms with Crippen molar-refractivity contribution in [2.75, 3.05) is 20.6 Å². The fourth-order valence-corrected chi connectivity index (χ4v) is 2.94. The summed E-state index contributed by atoms with van der Waals surface area (Å²) < 4.78 is 0. The highest BCUT2D eigenvalue weighted by atomic mass is 16.6. The first kappa shape index (κ1) is 18.9. The van der Waals surface area contributed by atoms with Gasteiger partial charge in [-0.25, -0.2) is 15.2 Å². The third-order valence-corrected chi connectivity index (χ3v) is 4.39. The highest BCUT2D eigenvalue weighted by molar-refractivity contribution is 6.02. The van der Waals surface area contributed by atoms with Gasteiger partial charge in [-0.1, -0.05) is 12.1 Å². The number of nitro benzene ring substituents is 1. The third-order valence-electron chi connectivity index (χ3n) is 4.39. The fourth-order valence-electron chi connectivity index (χ4n) is 2.94. The number of carbonyl (C=O) groups is 3. The summed E-state index contributed by atoms with van der Waals surface area (Å²) in [6.45, 7) is -0.196. The number of non-ortho nitro benzene ring substituents is 1. The molecule has 0 saturated carbocycles. The van der Waals surface area contributed by atoms with Crippen molar-refractivity contribution in [2.45, 2.75) is 12.2 Å². The summed E-state index contributed by atoms with van der Waals surface area (Å²) in [6.07, 6.45) is 1.95. The van der Waals surface area contributed by atoms with E-state index in [0.29, 0.717) is 5.56 Å². The summed E-state index contributed by atoms with van der Waals surface area (Å²) >= 11 is 0. The molecule has 0 aromatic heterocycles. The van der Waals surface area contributed by atoms with Crippen LogP contribution >= 0.6 is 0 Å². The smallest absolute Gasteiger partial charge is 0.328 e. The number of hydrogen-bond acceptors (Lipinski definition) is 8. The summed E-state index contributed by atoms with van der Waals surface area (Å²) in [5.41, 5.74) is 2.66. The molecule has 1 aromatic rings. The van der Waals surface area contributed by atoms with Crippen molar-refractivity contribution in [1.29, 1.82) is 0 Å². The number of nitrogens with one attached hydrogen (secondary N) is 1. The Balaban J connectivity index is 1.60. The van der Waals surface area contributed by atoms with E-state index in [2.05, 4.69) is 15.5 Å². The Morgan fingerprint density at radius 1 is 1.39 bits per heavy atom. The molecule has 0 radical (unpaired) electrons. The molecule has 0 spiro atoms. The van der Waals surface area contributed by atoms with Crippen LogP contribution in [0.25, 0.3) is 0 Å². The number of nitrogens with zero attached hydrogens (tertiary/aromatic N) is 6. The molecular weight excluding hydrogens is 370 g/mol. The van der Waals surface area contributed by atoms with Gasteiger partial charge in [0.05, 0.1) is 17.5 Å². The second-order valence-corrected chi connectivity index (χ2v) is 6.23. The van der Waals surface area contributed by atoms with Crippen molar-refractivity contribution in [2.24, 2.45) is 10.1 Å². The number of urea groups is 1. The molecule has 2 heterocycles. The second-order valence-electron chi connectivity index (χ2n) is 6.23. The van der Waals surface area contributed by atoms with Crippen molar-refractivity contribution in [3.63, 3.8) is 0 Å². The molecule has 1 fully saturated rings. The monoisotopic (exact) mass is 387 g/mol. The van der Waals surface area contributed by atoms with Gasteiger partial charge in [0.2, 0.25) is 0 Å². The van der Waals surface area contributed by atoms with E-state index in [1.807, 2.05) is 0 Å². The maximum Gasteiger partial charge on any atom is 0.328 e. The Morgan fingerprint density at radius 2 is 2.14 bits per heavy atom. The van der Waals surface area contributed by atoms with E-state index in [4.69, 9.17) is 0 Å². The van der Waals surface area contributed by atoms with E-state index in [0.717, 1.165) is 4.90 Å². The highest BCUT2D eigenvalue weighted by Gasteiger charge is 2.48. The molecular formula is C16H17N7O5. The summed E-state index contributed by atoms with van der Waals surface area (Å²) in [5.74, 6) is -0.956. The van der Waals surface area contributed by atoms with Crippen molar-refractivity contribution in [3.05, 3.63) is 39.9 Å². The first-order valence-electron chi connectivity index (χ1n) is 8.19. The number of benzene rings is 1. The number of carbonyl (C=O) groups excluding carboxylic acids is 3. The number of likely N-dealkylation sites (N-methyl/N-ethyl adjacent to an activating group) is 2. The maximum absolute atomic E-state index is 12.4. The van der Waals surface area contributed by atoms with Crippen LogP contribution in [0.2, 0.25) is 0 Å². The van der Waals surface area contributed by atoms with Gasteiger partial charge in [-0.15, -0.1) is 0 Å². The lowest BCUT2D eigenvalue weighted by molar-refractivity contribution is -0.384. The lowest BCUT2D eigenvalue weighted by Crippen LogP contribution is -2.64. The van der Waals surface area contributed by atoms with E-state index in [-0.39, 0.29) is 12.2 Å². The SMILES string of the molecule is CN1C(=O)C2C(N=CN2CC(=O)N/N=C/c2cccc([N+](=O)[O-])c2)N(C)C1=O. The number of fused-ring (bicyclic) bond motifs is 1. The molecule has 0 aliphatic carbocycles. The first-order valence-corrected chi connectivity index (χ1v) is 8.19. The molecule has 4 amide bonds. The number of nitro groups is 1. The van der Waals surface area contributed by atoms with Crippen LogP contribution in [0, 0.1) is 10.1 Å². The van der Waals surface area contributed by atoms with Crippen LogP contribution in [0.4, 0.5) is 10.5 Å². The standard InChI is InChI=1S/C16H17N7O5/c1-20-14-13(15(25)21(2)16(20)26)22(9-17-14)8-12(24)19-18-7-10-4-3-5-11(6-10)23(27)28/h3-7,9,13-14H,8H2,1-2H3,(H,19,24)/b18-7+. The van der Waals surface area contributed by atoms with Crippen LogP contribution in [-0.4, -0.2) is 82.9 Å². The Bertz CT molecular complexity index is 899. The molecule has 1 N–H and O–H groups in total. The van der Waals surface area contributed by atoms with Gasteiger partial charge in [0.25, 0.3) is 17.5 Å². The van der Waals surface area contributed by atoms with Gasteiger partial charge in [-0.3, -0.25) is 24.6 Å². The van der Waals surface area contributed by atoms with Crippen molar-refractivity contribution < 1.29 is 19.3 Å². The van der Waals surface area contributed by atoms with Crippen LogP contribution in [-0.2, 0) is 9.59 Å². The molecule has 2 atom stereocenters. The number of hydrazone groups is 1. The quantitative estimate of drug-likeness (QED) is 0.414. The van der Waals surface area contributed by atoms with Gasteiger partial charge >= 0.3 is 6.03 Å². The third kappa shape index (κ3) is 3.51. The number of amides is 4. The molecule has 3 rings (SSSR count). The van der Waals surface area contributed by atoms with Crippen molar-refractivity contribution >= 4 is 36.1 Å². The number of hydrogen-bond donors (Lipinski definition) is 1. The van der Waals surface area contributed by atoms with Crippen LogP contribution in [0.5, 0.6) is 0 Å². The first-order chi connectivity index (χ1) is 13.3. The summed E-state index contributed by atoms with van der Waals surface area (Å²) in [7, 11) is 2.91. The van der Waals surface area contributed by atoms with E-state index < -0.39 is 35.0 Å². The second kappa shape index (κ2) is 7.42. The molecule has 0 bridgehead atoms.